The highest BCUT2D eigenvalue weighted by molar-refractivity contribution is 6.12. The molecule has 1 heterocycles. The van der Waals surface area contributed by atoms with Gasteiger partial charge in [0.25, 0.3) is 11.2 Å². The van der Waals surface area contributed by atoms with Crippen molar-refractivity contribution < 1.29 is 4.92 Å². The second-order valence-electron chi connectivity index (χ2n) is 7.36. The van der Waals surface area contributed by atoms with Crippen LogP contribution in [0.25, 0.3) is 32.7 Å². The van der Waals surface area contributed by atoms with Gasteiger partial charge >= 0.3 is 0 Å². The van der Waals surface area contributed by atoms with Gasteiger partial charge in [0.05, 0.1) is 16.0 Å². The predicted molar refractivity (Wildman–Crippen MR) is 121 cm³/mol. The molecule has 5 rings (SSSR count). The first-order valence-corrected chi connectivity index (χ1v) is 9.83. The first kappa shape index (κ1) is 18.7. The number of rotatable bonds is 4. The van der Waals surface area contributed by atoms with Crippen molar-refractivity contribution in [2.45, 2.75) is 6.42 Å². The SMILES string of the molecule is O=c1[nH]nc(Cc2ccc([N+](=O)[O-])cc2)c2cc3ccccc3c(-c3ccccc3)c12. The summed E-state index contributed by atoms with van der Waals surface area (Å²) in [6.07, 6.45) is 0.442. The molecule has 0 saturated carbocycles. The molecule has 0 aliphatic carbocycles. The zero-order chi connectivity index (χ0) is 21.4. The molecule has 0 spiro atoms. The van der Waals surface area contributed by atoms with Gasteiger partial charge in [-0.25, -0.2) is 5.10 Å². The highest BCUT2D eigenvalue weighted by Gasteiger charge is 2.16. The number of aromatic nitrogens is 2. The highest BCUT2D eigenvalue weighted by atomic mass is 16.6. The molecular formula is C25H17N3O3. The average Bonchev–Trinajstić information content (AvgIpc) is 2.80. The predicted octanol–water partition coefficient (Wildman–Crippen LogP) is 5.24. The molecule has 6 nitrogen and oxygen atoms in total. The summed E-state index contributed by atoms with van der Waals surface area (Å²) in [6, 6.07) is 26.2. The Morgan fingerprint density at radius 2 is 1.58 bits per heavy atom. The smallest absolute Gasteiger partial charge is 0.267 e. The van der Waals surface area contributed by atoms with Crippen LogP contribution in [0.2, 0.25) is 0 Å². The number of non-ortho nitro benzene ring substituents is 1. The molecule has 31 heavy (non-hydrogen) atoms. The van der Waals surface area contributed by atoms with Gasteiger partial charge in [0.15, 0.2) is 0 Å². The topological polar surface area (TPSA) is 88.9 Å². The zero-order valence-corrected chi connectivity index (χ0v) is 16.4. The molecule has 0 bridgehead atoms. The summed E-state index contributed by atoms with van der Waals surface area (Å²) in [5.74, 6) is 0. The van der Waals surface area contributed by atoms with E-state index in [0.29, 0.717) is 17.5 Å². The third-order valence-corrected chi connectivity index (χ3v) is 5.46. The molecule has 0 radical (unpaired) electrons. The molecule has 0 fully saturated rings. The van der Waals surface area contributed by atoms with E-state index in [9.17, 15) is 14.9 Å². The van der Waals surface area contributed by atoms with Crippen LogP contribution in [0.15, 0.2) is 89.7 Å². The second kappa shape index (κ2) is 7.50. The lowest BCUT2D eigenvalue weighted by molar-refractivity contribution is -0.384. The Labute approximate surface area is 176 Å². The van der Waals surface area contributed by atoms with Crippen molar-refractivity contribution in [3.05, 3.63) is 117 Å². The summed E-state index contributed by atoms with van der Waals surface area (Å²) >= 11 is 0. The normalized spacial score (nSPS) is 11.1. The minimum absolute atomic E-state index is 0.0420. The van der Waals surface area contributed by atoms with E-state index >= 15 is 0 Å². The maximum absolute atomic E-state index is 12.9. The minimum Gasteiger partial charge on any atom is -0.267 e. The Bertz CT molecular complexity index is 1490. The van der Waals surface area contributed by atoms with Crippen LogP contribution >= 0.6 is 0 Å². The van der Waals surface area contributed by atoms with E-state index in [1.807, 2.05) is 60.7 Å². The fourth-order valence-corrected chi connectivity index (χ4v) is 4.01. The van der Waals surface area contributed by atoms with Crippen LogP contribution in [0, 0.1) is 10.1 Å². The van der Waals surface area contributed by atoms with Gasteiger partial charge in [-0.3, -0.25) is 14.9 Å². The molecule has 0 amide bonds. The van der Waals surface area contributed by atoms with Crippen LogP contribution in [-0.4, -0.2) is 15.1 Å². The van der Waals surface area contributed by atoms with Crippen LogP contribution in [0.4, 0.5) is 5.69 Å². The van der Waals surface area contributed by atoms with Gasteiger partial charge in [-0.15, -0.1) is 0 Å². The minimum atomic E-state index is -0.421. The first-order valence-electron chi connectivity index (χ1n) is 9.83. The summed E-state index contributed by atoms with van der Waals surface area (Å²) in [5.41, 5.74) is 3.23. The third kappa shape index (κ3) is 3.34. The van der Waals surface area contributed by atoms with Gasteiger partial charge in [-0.05, 0) is 28.0 Å². The monoisotopic (exact) mass is 407 g/mol. The number of aromatic amines is 1. The van der Waals surface area contributed by atoms with E-state index in [1.54, 1.807) is 12.1 Å². The number of benzene rings is 4. The molecule has 5 aromatic rings. The largest absolute Gasteiger partial charge is 0.272 e. The van der Waals surface area contributed by atoms with E-state index in [1.165, 1.54) is 12.1 Å². The van der Waals surface area contributed by atoms with Crippen molar-refractivity contribution >= 4 is 27.2 Å². The highest BCUT2D eigenvalue weighted by Crippen LogP contribution is 2.35. The Hall–Kier alpha value is -4.32. The van der Waals surface area contributed by atoms with Crippen molar-refractivity contribution in [2.75, 3.05) is 0 Å². The van der Waals surface area contributed by atoms with E-state index in [2.05, 4.69) is 10.2 Å². The van der Waals surface area contributed by atoms with Crippen molar-refractivity contribution in [2.24, 2.45) is 0 Å². The lowest BCUT2D eigenvalue weighted by atomic mass is 9.91. The van der Waals surface area contributed by atoms with Gasteiger partial charge in [-0.2, -0.15) is 5.10 Å². The van der Waals surface area contributed by atoms with Gasteiger partial charge in [0, 0.05) is 29.5 Å². The van der Waals surface area contributed by atoms with Gasteiger partial charge < -0.3 is 0 Å². The summed E-state index contributed by atoms with van der Waals surface area (Å²) in [6.45, 7) is 0. The molecule has 0 atom stereocenters. The quantitative estimate of drug-likeness (QED) is 0.251. The average molecular weight is 407 g/mol. The first-order chi connectivity index (χ1) is 15.1. The van der Waals surface area contributed by atoms with E-state index in [-0.39, 0.29) is 11.2 Å². The maximum Gasteiger partial charge on any atom is 0.272 e. The van der Waals surface area contributed by atoms with Gasteiger partial charge in [0.1, 0.15) is 0 Å². The molecule has 0 unspecified atom stereocenters. The fourth-order valence-electron chi connectivity index (χ4n) is 4.01. The molecule has 4 aromatic carbocycles. The van der Waals surface area contributed by atoms with Crippen molar-refractivity contribution in [1.82, 2.24) is 10.2 Å². The molecule has 0 saturated heterocycles. The molecule has 0 aliphatic heterocycles. The number of H-pyrrole nitrogens is 1. The van der Waals surface area contributed by atoms with Crippen molar-refractivity contribution in [3.63, 3.8) is 0 Å². The van der Waals surface area contributed by atoms with Crippen LogP contribution in [0.3, 0.4) is 0 Å². The standard InChI is InChI=1S/C25H17N3O3/c29-25-24-21(22(26-27-25)14-16-10-12-19(13-11-16)28(30)31)15-18-8-4-5-9-20(18)23(24)17-6-2-1-3-7-17/h1-13,15H,14H2,(H,27,29). The fraction of sp³-hybridized carbons (Fsp3) is 0.0400. The molecule has 1 N–H and O–H groups in total. The Kier molecular flexibility index (Phi) is 4.52. The number of fused-ring (bicyclic) bond motifs is 2. The lowest BCUT2D eigenvalue weighted by Gasteiger charge is -2.13. The molecular weight excluding hydrogens is 390 g/mol. The van der Waals surface area contributed by atoms with E-state index in [0.717, 1.165) is 32.8 Å². The Balaban J connectivity index is 1.77. The van der Waals surface area contributed by atoms with Crippen molar-refractivity contribution in [3.8, 4) is 11.1 Å². The van der Waals surface area contributed by atoms with Crippen molar-refractivity contribution in [1.29, 1.82) is 0 Å². The Morgan fingerprint density at radius 1 is 0.871 bits per heavy atom. The zero-order valence-electron chi connectivity index (χ0n) is 16.4. The van der Waals surface area contributed by atoms with Crippen LogP contribution in [-0.2, 0) is 6.42 Å². The number of nitrogens with one attached hydrogen (secondary N) is 1. The molecule has 1 aromatic heterocycles. The molecule has 0 aliphatic rings. The number of hydrogen-bond donors (Lipinski definition) is 1. The van der Waals surface area contributed by atoms with Gasteiger partial charge in [-0.1, -0.05) is 66.7 Å². The van der Waals surface area contributed by atoms with E-state index in [4.69, 9.17) is 0 Å². The summed E-state index contributed by atoms with van der Waals surface area (Å²) in [4.78, 5) is 23.5. The van der Waals surface area contributed by atoms with Crippen LogP contribution in [0.5, 0.6) is 0 Å². The summed E-state index contributed by atoms with van der Waals surface area (Å²) in [5, 5.41) is 21.3. The third-order valence-electron chi connectivity index (χ3n) is 5.46. The van der Waals surface area contributed by atoms with Crippen LogP contribution < -0.4 is 5.56 Å². The second-order valence-corrected chi connectivity index (χ2v) is 7.36. The Morgan fingerprint density at radius 3 is 2.32 bits per heavy atom. The molecule has 150 valence electrons. The molecule has 6 heteroatoms. The maximum atomic E-state index is 12.9. The van der Waals surface area contributed by atoms with E-state index < -0.39 is 4.92 Å². The number of nitro groups is 1. The van der Waals surface area contributed by atoms with Crippen LogP contribution in [0.1, 0.15) is 11.3 Å². The number of nitro benzene ring substituents is 1. The number of nitrogens with zero attached hydrogens (tertiary/aromatic N) is 2. The van der Waals surface area contributed by atoms with Gasteiger partial charge in [0.2, 0.25) is 0 Å². The summed E-state index contributed by atoms with van der Waals surface area (Å²) < 4.78 is 0. The number of hydrogen-bond acceptors (Lipinski definition) is 4. The summed E-state index contributed by atoms with van der Waals surface area (Å²) in [7, 11) is 0. The lowest BCUT2D eigenvalue weighted by Crippen LogP contribution is -2.13.